The van der Waals surface area contributed by atoms with Gasteiger partial charge in [-0.1, -0.05) is 28.1 Å². The summed E-state index contributed by atoms with van der Waals surface area (Å²) in [5, 5.41) is 3.05. The average molecular weight is 358 g/mol. The summed E-state index contributed by atoms with van der Waals surface area (Å²) in [4.78, 5) is 12.4. The van der Waals surface area contributed by atoms with Crippen LogP contribution in [-0.2, 0) is 0 Å². The number of benzene rings is 1. The Hall–Kier alpha value is -2.67. The van der Waals surface area contributed by atoms with Gasteiger partial charge >= 0.3 is 0 Å². The molecular formula is C15H12BrN5O. The molecule has 0 fully saturated rings. The molecule has 7 heteroatoms. The van der Waals surface area contributed by atoms with Crippen molar-refractivity contribution in [2.75, 3.05) is 11.1 Å². The molecule has 0 amide bonds. The zero-order valence-electron chi connectivity index (χ0n) is 11.4. The van der Waals surface area contributed by atoms with E-state index in [-0.39, 0.29) is 0 Å². The minimum absolute atomic E-state index is 0.430. The summed E-state index contributed by atoms with van der Waals surface area (Å²) in [5.74, 6) is 2.72. The normalized spacial score (nSPS) is 10.2. The molecule has 3 rings (SSSR count). The summed E-state index contributed by atoms with van der Waals surface area (Å²) < 4.78 is 6.63. The fourth-order valence-electron chi connectivity index (χ4n) is 1.77. The van der Waals surface area contributed by atoms with Gasteiger partial charge in [0.05, 0.1) is 0 Å². The molecule has 2 heterocycles. The second kappa shape index (κ2) is 6.40. The van der Waals surface area contributed by atoms with Gasteiger partial charge in [-0.3, -0.25) is 0 Å². The van der Waals surface area contributed by atoms with E-state index in [2.05, 4.69) is 36.2 Å². The van der Waals surface area contributed by atoms with Crippen LogP contribution in [0.1, 0.15) is 0 Å². The third-order valence-electron chi connectivity index (χ3n) is 2.69. The van der Waals surface area contributed by atoms with Crippen LogP contribution >= 0.6 is 15.9 Å². The van der Waals surface area contributed by atoms with Crippen LogP contribution in [0.15, 0.2) is 59.3 Å². The molecule has 0 bridgehead atoms. The number of ether oxygens (including phenoxy) is 1. The van der Waals surface area contributed by atoms with Gasteiger partial charge in [0, 0.05) is 10.5 Å². The van der Waals surface area contributed by atoms with Crippen molar-refractivity contribution in [2.24, 2.45) is 0 Å². The summed E-state index contributed by atoms with van der Waals surface area (Å²) in [5.41, 5.74) is 5.65. The quantitative estimate of drug-likeness (QED) is 0.739. The fourth-order valence-corrected chi connectivity index (χ4v) is 2.15. The van der Waals surface area contributed by atoms with E-state index in [1.807, 2.05) is 30.3 Å². The highest BCUT2D eigenvalue weighted by atomic mass is 79.9. The third kappa shape index (κ3) is 3.70. The molecular weight excluding hydrogens is 346 g/mol. The van der Waals surface area contributed by atoms with Crippen LogP contribution in [0.5, 0.6) is 11.6 Å². The monoisotopic (exact) mass is 357 g/mol. The van der Waals surface area contributed by atoms with Crippen molar-refractivity contribution < 1.29 is 4.74 Å². The number of nitrogens with two attached hydrogens (primary N) is 1. The molecule has 110 valence electrons. The van der Waals surface area contributed by atoms with Crippen LogP contribution in [0, 0.1) is 0 Å². The Morgan fingerprint density at radius 2 is 1.86 bits per heavy atom. The highest BCUT2D eigenvalue weighted by Gasteiger charge is 2.03. The fraction of sp³-hybridized carbons (Fsp3) is 0. The largest absolute Gasteiger partial charge is 0.439 e. The Labute approximate surface area is 135 Å². The first-order valence-electron chi connectivity index (χ1n) is 6.44. The van der Waals surface area contributed by atoms with Crippen molar-refractivity contribution in [1.82, 2.24) is 15.0 Å². The topological polar surface area (TPSA) is 86.0 Å². The van der Waals surface area contributed by atoms with Gasteiger partial charge in [-0.25, -0.2) is 15.0 Å². The van der Waals surface area contributed by atoms with E-state index >= 15 is 0 Å². The summed E-state index contributed by atoms with van der Waals surface area (Å²) >= 11 is 3.40. The van der Waals surface area contributed by atoms with Gasteiger partial charge in [0.1, 0.15) is 29.5 Å². The molecule has 1 aromatic carbocycles. The lowest BCUT2D eigenvalue weighted by molar-refractivity contribution is 0.461. The van der Waals surface area contributed by atoms with Crippen molar-refractivity contribution in [3.05, 3.63) is 59.3 Å². The highest BCUT2D eigenvalue weighted by molar-refractivity contribution is 9.10. The number of aromatic nitrogens is 3. The first-order chi connectivity index (χ1) is 10.7. The number of hydrogen-bond acceptors (Lipinski definition) is 6. The number of hydrogen-bond donors (Lipinski definition) is 2. The molecule has 2 aromatic heterocycles. The standard InChI is InChI=1S/C15H12BrN5O/c16-10-3-1-4-11(7-10)22-15-8-14(18-9-19-15)21-13-6-2-5-12(17)20-13/h1-9H,(H3,17,18,19,20,21). The number of nitrogens with zero attached hydrogens (tertiary/aromatic N) is 3. The molecule has 0 aliphatic carbocycles. The molecule has 0 spiro atoms. The van der Waals surface area contributed by atoms with Crippen molar-refractivity contribution in [2.45, 2.75) is 0 Å². The van der Waals surface area contributed by atoms with E-state index < -0.39 is 0 Å². The molecule has 0 atom stereocenters. The highest BCUT2D eigenvalue weighted by Crippen LogP contribution is 2.24. The van der Waals surface area contributed by atoms with E-state index in [9.17, 15) is 0 Å². The second-order valence-corrected chi connectivity index (χ2v) is 5.29. The molecule has 0 unspecified atom stereocenters. The second-order valence-electron chi connectivity index (χ2n) is 4.37. The van der Waals surface area contributed by atoms with E-state index in [4.69, 9.17) is 10.5 Å². The number of pyridine rings is 1. The van der Waals surface area contributed by atoms with Crippen molar-refractivity contribution in [3.8, 4) is 11.6 Å². The summed E-state index contributed by atoms with van der Waals surface area (Å²) in [6, 6.07) is 14.5. The van der Waals surface area contributed by atoms with Crippen molar-refractivity contribution >= 4 is 33.4 Å². The van der Waals surface area contributed by atoms with Crippen molar-refractivity contribution in [1.29, 1.82) is 0 Å². The van der Waals surface area contributed by atoms with Crippen LogP contribution in [0.2, 0.25) is 0 Å². The van der Waals surface area contributed by atoms with Crippen LogP contribution in [0.25, 0.3) is 0 Å². The molecule has 3 N–H and O–H groups in total. The molecule has 3 aromatic rings. The average Bonchev–Trinajstić information content (AvgIpc) is 2.47. The van der Waals surface area contributed by atoms with Crippen molar-refractivity contribution in [3.63, 3.8) is 0 Å². The molecule has 0 radical (unpaired) electrons. The molecule has 6 nitrogen and oxygen atoms in total. The first-order valence-corrected chi connectivity index (χ1v) is 7.23. The minimum atomic E-state index is 0.430. The number of nitrogen functional groups attached to an aromatic ring is 1. The molecule has 0 saturated heterocycles. The van der Waals surface area contributed by atoms with Gasteiger partial charge < -0.3 is 15.8 Å². The van der Waals surface area contributed by atoms with Crippen LogP contribution in [0.3, 0.4) is 0 Å². The van der Waals surface area contributed by atoms with Gasteiger partial charge in [-0.2, -0.15) is 0 Å². The van der Waals surface area contributed by atoms with E-state index in [0.29, 0.717) is 29.1 Å². The van der Waals surface area contributed by atoms with Crippen LogP contribution in [-0.4, -0.2) is 15.0 Å². The van der Waals surface area contributed by atoms with Gasteiger partial charge in [-0.15, -0.1) is 0 Å². The number of halogens is 1. The van der Waals surface area contributed by atoms with Gasteiger partial charge in [0.2, 0.25) is 5.88 Å². The Balaban J connectivity index is 1.78. The van der Waals surface area contributed by atoms with Gasteiger partial charge in [0.15, 0.2) is 0 Å². The Bertz CT molecular complexity index is 733. The Kier molecular flexibility index (Phi) is 4.15. The molecule has 0 aliphatic rings. The lowest BCUT2D eigenvalue weighted by Crippen LogP contribution is -1.99. The summed E-state index contributed by atoms with van der Waals surface area (Å²) in [7, 11) is 0. The zero-order chi connectivity index (χ0) is 15.4. The number of nitrogens with one attached hydrogen (secondary N) is 1. The first kappa shape index (κ1) is 14.3. The van der Waals surface area contributed by atoms with Crippen LogP contribution < -0.4 is 15.8 Å². The SMILES string of the molecule is Nc1cccc(Nc2cc(Oc3cccc(Br)c3)ncn2)n1. The van der Waals surface area contributed by atoms with E-state index in [0.717, 1.165) is 4.47 Å². The maximum atomic E-state index is 5.70. The predicted molar refractivity (Wildman–Crippen MR) is 88.2 cm³/mol. The van der Waals surface area contributed by atoms with E-state index in [1.54, 1.807) is 18.2 Å². The summed E-state index contributed by atoms with van der Waals surface area (Å²) in [6.45, 7) is 0. The lowest BCUT2D eigenvalue weighted by atomic mass is 10.3. The number of rotatable bonds is 4. The maximum Gasteiger partial charge on any atom is 0.224 e. The van der Waals surface area contributed by atoms with Gasteiger partial charge in [-0.05, 0) is 30.3 Å². The zero-order valence-corrected chi connectivity index (χ0v) is 13.0. The Morgan fingerprint density at radius 3 is 2.68 bits per heavy atom. The minimum Gasteiger partial charge on any atom is -0.439 e. The summed E-state index contributed by atoms with van der Waals surface area (Å²) in [6.07, 6.45) is 1.42. The molecule has 0 aliphatic heterocycles. The third-order valence-corrected chi connectivity index (χ3v) is 3.18. The van der Waals surface area contributed by atoms with E-state index in [1.165, 1.54) is 6.33 Å². The molecule has 0 saturated carbocycles. The predicted octanol–water partition coefficient (Wildman–Crippen LogP) is 3.75. The Morgan fingerprint density at radius 1 is 1.00 bits per heavy atom. The lowest BCUT2D eigenvalue weighted by Gasteiger charge is -2.08. The van der Waals surface area contributed by atoms with Crippen LogP contribution in [0.4, 0.5) is 17.5 Å². The maximum absolute atomic E-state index is 5.70. The smallest absolute Gasteiger partial charge is 0.224 e. The molecule has 22 heavy (non-hydrogen) atoms. The number of anilines is 3. The van der Waals surface area contributed by atoms with Gasteiger partial charge in [0.25, 0.3) is 0 Å².